The number of hydrogen-bond acceptors (Lipinski definition) is 4. The largest absolute Gasteiger partial charge is 0.434 e. The summed E-state index contributed by atoms with van der Waals surface area (Å²) in [6, 6.07) is 16.4. The van der Waals surface area contributed by atoms with Gasteiger partial charge in [0, 0.05) is 26.2 Å². The van der Waals surface area contributed by atoms with Crippen molar-refractivity contribution >= 4 is 5.91 Å². The highest BCUT2D eigenvalue weighted by atomic mass is 19.4. The number of rotatable bonds is 6. The van der Waals surface area contributed by atoms with Gasteiger partial charge in [0.15, 0.2) is 5.69 Å². The molecular weight excluding hydrogens is 433 g/mol. The molecule has 1 atom stereocenters. The zero-order valence-electron chi connectivity index (χ0n) is 18.2. The molecule has 1 unspecified atom stereocenters. The number of ether oxygens (including phenoxy) is 1. The molecule has 0 bridgehead atoms. The van der Waals surface area contributed by atoms with Gasteiger partial charge in [-0.3, -0.25) is 9.69 Å². The molecule has 1 fully saturated rings. The number of morpholine rings is 1. The Morgan fingerprint density at radius 3 is 2.58 bits per heavy atom. The van der Waals surface area contributed by atoms with Crippen LogP contribution in [0.4, 0.5) is 13.2 Å². The predicted molar refractivity (Wildman–Crippen MR) is 117 cm³/mol. The molecule has 9 heteroatoms. The van der Waals surface area contributed by atoms with Gasteiger partial charge in [-0.2, -0.15) is 18.3 Å². The van der Waals surface area contributed by atoms with Crippen molar-refractivity contribution in [1.29, 1.82) is 0 Å². The third-order valence-electron chi connectivity index (χ3n) is 5.52. The fourth-order valence-corrected chi connectivity index (χ4v) is 3.86. The zero-order valence-corrected chi connectivity index (χ0v) is 18.2. The molecule has 1 aliphatic rings. The smallest absolute Gasteiger partial charge is 0.374 e. The highest BCUT2D eigenvalue weighted by Crippen LogP contribution is 2.33. The van der Waals surface area contributed by atoms with Crippen LogP contribution < -0.4 is 5.32 Å². The van der Waals surface area contributed by atoms with Gasteiger partial charge in [-0.25, -0.2) is 4.68 Å². The predicted octanol–water partition coefficient (Wildman–Crippen LogP) is 3.83. The van der Waals surface area contributed by atoms with Crippen LogP contribution in [-0.2, 0) is 17.5 Å². The highest BCUT2D eigenvalue weighted by Gasteiger charge is 2.40. The van der Waals surface area contributed by atoms with Gasteiger partial charge in [-0.05, 0) is 24.6 Å². The molecular formula is C24H25F3N4O2. The molecule has 1 amide bonds. The Bertz CT molecular complexity index is 1080. The molecule has 0 spiro atoms. The maximum absolute atomic E-state index is 13.8. The van der Waals surface area contributed by atoms with Crippen LogP contribution in [0.5, 0.6) is 0 Å². The Labute approximate surface area is 190 Å². The Kier molecular flexibility index (Phi) is 6.80. The number of carbonyl (C=O) groups excluding carboxylic acids is 1. The Morgan fingerprint density at radius 1 is 1.15 bits per heavy atom. The van der Waals surface area contributed by atoms with Crippen molar-refractivity contribution in [2.75, 3.05) is 26.2 Å². The minimum absolute atomic E-state index is 0.108. The topological polar surface area (TPSA) is 59.4 Å². The summed E-state index contributed by atoms with van der Waals surface area (Å²) in [5.41, 5.74) is 0.699. The highest BCUT2D eigenvalue weighted by molar-refractivity contribution is 5.95. The molecule has 1 aliphatic heterocycles. The van der Waals surface area contributed by atoms with E-state index in [-0.39, 0.29) is 18.3 Å². The van der Waals surface area contributed by atoms with Gasteiger partial charge in [-0.1, -0.05) is 48.0 Å². The van der Waals surface area contributed by atoms with E-state index in [0.717, 1.165) is 29.5 Å². The molecule has 2 heterocycles. The molecule has 0 aliphatic carbocycles. The summed E-state index contributed by atoms with van der Waals surface area (Å²) in [4.78, 5) is 14.9. The zero-order chi connectivity index (χ0) is 23.4. The summed E-state index contributed by atoms with van der Waals surface area (Å²) in [6.07, 6.45) is -4.10. The molecule has 0 saturated carbocycles. The van der Waals surface area contributed by atoms with E-state index in [4.69, 9.17) is 4.74 Å². The Hall–Kier alpha value is -3.17. The van der Waals surface area contributed by atoms with Crippen molar-refractivity contribution in [3.63, 3.8) is 0 Å². The maximum Gasteiger partial charge on any atom is 0.434 e. The van der Waals surface area contributed by atoms with Crippen LogP contribution in [0, 0.1) is 6.92 Å². The minimum atomic E-state index is -4.75. The summed E-state index contributed by atoms with van der Waals surface area (Å²) in [5, 5.41) is 6.45. The SMILES string of the molecule is Cc1ccc(-n2ncc(C(=O)NCC3CN(Cc4ccccc4)CCO3)c2C(F)(F)F)cc1. The van der Waals surface area contributed by atoms with Crippen molar-refractivity contribution in [1.82, 2.24) is 20.0 Å². The van der Waals surface area contributed by atoms with Crippen LogP contribution in [0.1, 0.15) is 27.2 Å². The summed E-state index contributed by atoms with van der Waals surface area (Å²) < 4.78 is 48.0. The second kappa shape index (κ2) is 9.76. The number of aromatic nitrogens is 2. The standard InChI is InChI=1S/C24H25F3N4O2/c1-17-7-9-19(10-8-17)31-22(24(25,26)27)21(14-29-31)23(32)28-13-20-16-30(11-12-33-20)15-18-5-3-2-4-6-18/h2-10,14,20H,11-13,15-16H2,1H3,(H,28,32). The van der Waals surface area contributed by atoms with Gasteiger partial charge in [0.2, 0.25) is 0 Å². The first-order valence-electron chi connectivity index (χ1n) is 10.7. The molecule has 174 valence electrons. The first-order chi connectivity index (χ1) is 15.8. The summed E-state index contributed by atoms with van der Waals surface area (Å²) in [5.74, 6) is -0.829. The molecule has 1 saturated heterocycles. The normalized spacial score (nSPS) is 17.2. The number of alkyl halides is 3. The van der Waals surface area contributed by atoms with Gasteiger partial charge in [0.1, 0.15) is 0 Å². The van der Waals surface area contributed by atoms with E-state index in [1.54, 1.807) is 12.1 Å². The summed E-state index contributed by atoms with van der Waals surface area (Å²) in [6.45, 7) is 4.51. The molecule has 6 nitrogen and oxygen atoms in total. The van der Waals surface area contributed by atoms with Crippen LogP contribution in [-0.4, -0.2) is 52.9 Å². The number of nitrogens with zero attached hydrogens (tertiary/aromatic N) is 3. The lowest BCUT2D eigenvalue weighted by Crippen LogP contribution is -2.47. The lowest BCUT2D eigenvalue weighted by Gasteiger charge is -2.33. The second-order valence-electron chi connectivity index (χ2n) is 8.08. The average molecular weight is 458 g/mol. The van der Waals surface area contributed by atoms with Gasteiger partial charge in [-0.15, -0.1) is 0 Å². The van der Waals surface area contributed by atoms with E-state index in [1.165, 1.54) is 17.7 Å². The number of hydrogen-bond donors (Lipinski definition) is 1. The van der Waals surface area contributed by atoms with Crippen molar-refractivity contribution in [2.24, 2.45) is 0 Å². The van der Waals surface area contributed by atoms with Crippen LogP contribution in [0.15, 0.2) is 60.8 Å². The lowest BCUT2D eigenvalue weighted by molar-refractivity contribution is -0.143. The number of amides is 1. The van der Waals surface area contributed by atoms with Crippen molar-refractivity contribution in [2.45, 2.75) is 25.7 Å². The lowest BCUT2D eigenvalue weighted by atomic mass is 10.1. The number of benzene rings is 2. The summed E-state index contributed by atoms with van der Waals surface area (Å²) >= 11 is 0. The van der Waals surface area contributed by atoms with Crippen molar-refractivity contribution in [3.8, 4) is 5.69 Å². The van der Waals surface area contributed by atoms with E-state index >= 15 is 0 Å². The fraction of sp³-hybridized carbons (Fsp3) is 0.333. The van der Waals surface area contributed by atoms with Crippen LogP contribution in [0.3, 0.4) is 0 Å². The second-order valence-corrected chi connectivity index (χ2v) is 8.08. The molecule has 33 heavy (non-hydrogen) atoms. The Balaban J connectivity index is 1.43. The Morgan fingerprint density at radius 2 is 1.88 bits per heavy atom. The van der Waals surface area contributed by atoms with E-state index < -0.39 is 23.3 Å². The van der Waals surface area contributed by atoms with E-state index in [0.29, 0.717) is 13.2 Å². The fourth-order valence-electron chi connectivity index (χ4n) is 3.86. The minimum Gasteiger partial charge on any atom is -0.374 e. The van der Waals surface area contributed by atoms with Crippen molar-refractivity contribution < 1.29 is 22.7 Å². The number of halogens is 3. The quantitative estimate of drug-likeness (QED) is 0.610. The number of carbonyl (C=O) groups is 1. The average Bonchev–Trinajstić information content (AvgIpc) is 3.25. The van der Waals surface area contributed by atoms with Crippen molar-refractivity contribution in [3.05, 3.63) is 83.2 Å². The third kappa shape index (κ3) is 5.61. The molecule has 0 radical (unpaired) electrons. The van der Waals surface area contributed by atoms with Gasteiger partial charge < -0.3 is 10.1 Å². The number of aryl methyl sites for hydroxylation is 1. The third-order valence-corrected chi connectivity index (χ3v) is 5.52. The van der Waals surface area contributed by atoms with Crippen LogP contribution >= 0.6 is 0 Å². The molecule has 4 rings (SSSR count). The van der Waals surface area contributed by atoms with Crippen LogP contribution in [0.2, 0.25) is 0 Å². The first-order valence-corrected chi connectivity index (χ1v) is 10.7. The molecule has 3 aromatic rings. The van der Waals surface area contributed by atoms with E-state index in [9.17, 15) is 18.0 Å². The molecule has 2 aromatic carbocycles. The number of nitrogens with one attached hydrogen (secondary N) is 1. The maximum atomic E-state index is 13.8. The van der Waals surface area contributed by atoms with Gasteiger partial charge >= 0.3 is 6.18 Å². The van der Waals surface area contributed by atoms with E-state index in [2.05, 4.69) is 15.3 Å². The molecule has 1 aromatic heterocycles. The first kappa shape index (κ1) is 23.0. The van der Waals surface area contributed by atoms with Gasteiger partial charge in [0.05, 0.1) is 30.2 Å². The van der Waals surface area contributed by atoms with Crippen LogP contribution in [0.25, 0.3) is 5.69 Å². The van der Waals surface area contributed by atoms with Gasteiger partial charge in [0.25, 0.3) is 5.91 Å². The molecule has 1 N–H and O–H groups in total. The monoisotopic (exact) mass is 458 g/mol. The van der Waals surface area contributed by atoms with E-state index in [1.807, 2.05) is 37.3 Å². The summed E-state index contributed by atoms with van der Waals surface area (Å²) in [7, 11) is 0.